The van der Waals surface area contributed by atoms with Crippen LogP contribution in [0.25, 0.3) is 0 Å². The van der Waals surface area contributed by atoms with E-state index in [1.165, 1.54) is 74.7 Å². The number of unbranched alkanes of at least 4 members (excludes halogenated alkanes) is 4. The zero-order valence-electron chi connectivity index (χ0n) is 22.8. The summed E-state index contributed by atoms with van der Waals surface area (Å²) in [4.78, 5) is 0. The number of hydrogen-bond donors (Lipinski definition) is 0. The lowest BCUT2D eigenvalue weighted by atomic mass is 9.77. The van der Waals surface area contributed by atoms with Crippen molar-refractivity contribution in [2.75, 3.05) is 0 Å². The van der Waals surface area contributed by atoms with E-state index in [0.717, 1.165) is 6.42 Å². The van der Waals surface area contributed by atoms with Crippen molar-refractivity contribution in [1.82, 2.24) is 0 Å². The van der Waals surface area contributed by atoms with Crippen LogP contribution in [-0.4, -0.2) is 22.7 Å². The zero-order chi connectivity index (χ0) is 24.0. The fourth-order valence-corrected chi connectivity index (χ4v) is 7.11. The summed E-state index contributed by atoms with van der Waals surface area (Å²) in [5.41, 5.74) is 3.06. The Balaban J connectivity index is 2.22. The van der Waals surface area contributed by atoms with Crippen LogP contribution in [0.15, 0.2) is 18.2 Å². The van der Waals surface area contributed by atoms with Gasteiger partial charge >= 0.3 is 0 Å². The maximum absolute atomic E-state index is 6.72. The fraction of sp³-hybridized carbons (Fsp3) is 0.786. The van der Waals surface area contributed by atoms with Gasteiger partial charge in [0.15, 0.2) is 8.32 Å². The number of hydrogen-bond acceptors (Lipinski definition) is 2. The van der Waals surface area contributed by atoms with E-state index in [4.69, 9.17) is 8.85 Å². The van der Waals surface area contributed by atoms with Crippen molar-refractivity contribution in [2.45, 2.75) is 142 Å². The second kappa shape index (κ2) is 11.7. The first kappa shape index (κ1) is 27.7. The van der Waals surface area contributed by atoms with Crippen LogP contribution in [0.2, 0.25) is 39.3 Å². The predicted octanol–water partition coefficient (Wildman–Crippen LogP) is 9.42. The lowest BCUT2D eigenvalue weighted by Gasteiger charge is -2.35. The first-order valence-electron chi connectivity index (χ1n) is 13.3. The van der Waals surface area contributed by atoms with Crippen LogP contribution < -0.4 is 4.43 Å². The lowest BCUT2D eigenvalue weighted by Crippen LogP contribution is -2.35. The van der Waals surface area contributed by atoms with E-state index in [1.54, 1.807) is 0 Å². The summed E-state index contributed by atoms with van der Waals surface area (Å²) < 4.78 is 13.3. The van der Waals surface area contributed by atoms with Gasteiger partial charge in [0.25, 0.3) is 0 Å². The number of rotatable bonds is 12. The van der Waals surface area contributed by atoms with Crippen LogP contribution in [0.4, 0.5) is 0 Å². The molecular weight excluding hydrogens is 424 g/mol. The van der Waals surface area contributed by atoms with Gasteiger partial charge in [-0.2, -0.15) is 0 Å². The van der Waals surface area contributed by atoms with Gasteiger partial charge in [0.1, 0.15) is 5.75 Å². The lowest BCUT2D eigenvalue weighted by molar-refractivity contribution is 0.136. The molecule has 0 aromatic heterocycles. The maximum atomic E-state index is 6.72. The summed E-state index contributed by atoms with van der Waals surface area (Å²) in [6.45, 7) is 21.0. The Hall–Kier alpha value is -0.586. The van der Waals surface area contributed by atoms with Gasteiger partial charge in [-0.3, -0.25) is 0 Å². The molecule has 0 spiro atoms. The van der Waals surface area contributed by atoms with E-state index in [2.05, 4.69) is 78.3 Å². The highest BCUT2D eigenvalue weighted by Crippen LogP contribution is 2.42. The molecule has 4 heteroatoms. The van der Waals surface area contributed by atoms with E-state index >= 15 is 0 Å². The van der Waals surface area contributed by atoms with Gasteiger partial charge in [-0.05, 0) is 93.5 Å². The molecule has 2 nitrogen and oxygen atoms in total. The molecule has 0 heterocycles. The van der Waals surface area contributed by atoms with E-state index in [9.17, 15) is 0 Å². The summed E-state index contributed by atoms with van der Waals surface area (Å²) >= 11 is 0. The zero-order valence-corrected chi connectivity index (χ0v) is 24.8. The summed E-state index contributed by atoms with van der Waals surface area (Å²) in [6.07, 6.45) is 13.3. The average molecular weight is 477 g/mol. The van der Waals surface area contributed by atoms with Gasteiger partial charge in [0.2, 0.25) is 8.32 Å². The fourth-order valence-electron chi connectivity index (χ4n) is 5.06. The minimum absolute atomic E-state index is 0.193. The normalized spacial score (nSPS) is 20.4. The van der Waals surface area contributed by atoms with Crippen LogP contribution in [0.3, 0.4) is 0 Å². The molecule has 0 radical (unpaired) electrons. The Bertz CT molecular complexity index is 700. The molecule has 1 aromatic carbocycles. The summed E-state index contributed by atoms with van der Waals surface area (Å²) in [5.74, 6) is 1.72. The second-order valence-electron chi connectivity index (χ2n) is 12.7. The smallest absolute Gasteiger partial charge is 0.242 e. The van der Waals surface area contributed by atoms with Gasteiger partial charge in [-0.15, -0.1) is 0 Å². The standard InChI is InChI=1S/C28H52O2Si2/c1-10-11-12-13-14-20-28(2,3)24-18-19-26(27(22-24)30-32(7,8)9)23-16-15-17-25(21-23)29-31(4,5)6/h18-19,22-23,25H,10-17,20-21H2,1-9H3. The molecule has 0 bridgehead atoms. The monoisotopic (exact) mass is 476 g/mol. The summed E-state index contributed by atoms with van der Waals surface area (Å²) in [5, 5.41) is 0. The van der Waals surface area contributed by atoms with Crippen molar-refractivity contribution in [3.63, 3.8) is 0 Å². The van der Waals surface area contributed by atoms with Gasteiger partial charge < -0.3 is 8.85 Å². The molecule has 2 unspecified atom stereocenters. The van der Waals surface area contributed by atoms with Crippen LogP contribution >= 0.6 is 0 Å². The van der Waals surface area contributed by atoms with E-state index < -0.39 is 16.6 Å². The molecular formula is C28H52O2Si2. The van der Waals surface area contributed by atoms with Gasteiger partial charge in [-0.1, -0.05) is 71.4 Å². The third kappa shape index (κ3) is 9.34. The Morgan fingerprint density at radius 2 is 1.59 bits per heavy atom. The SMILES string of the molecule is CCCCCCCC(C)(C)c1ccc(C2CCCC(O[Si](C)(C)C)C2)c(O[Si](C)(C)C)c1. The van der Waals surface area contributed by atoms with Gasteiger partial charge in [-0.25, -0.2) is 0 Å². The highest BCUT2D eigenvalue weighted by Gasteiger charge is 2.31. The average Bonchev–Trinajstić information content (AvgIpc) is 2.65. The molecule has 184 valence electrons. The van der Waals surface area contributed by atoms with Crippen molar-refractivity contribution in [3.05, 3.63) is 29.3 Å². The van der Waals surface area contributed by atoms with E-state index in [0.29, 0.717) is 12.0 Å². The molecule has 1 aromatic rings. The van der Waals surface area contributed by atoms with Crippen molar-refractivity contribution < 1.29 is 8.85 Å². The van der Waals surface area contributed by atoms with Crippen LogP contribution in [0, 0.1) is 0 Å². The van der Waals surface area contributed by atoms with Crippen LogP contribution in [-0.2, 0) is 9.84 Å². The Morgan fingerprint density at radius 1 is 0.906 bits per heavy atom. The molecule has 1 aliphatic carbocycles. The minimum atomic E-state index is -1.69. The number of benzene rings is 1. The first-order chi connectivity index (χ1) is 14.8. The first-order valence-corrected chi connectivity index (χ1v) is 20.1. The molecule has 2 rings (SSSR count). The highest BCUT2D eigenvalue weighted by molar-refractivity contribution is 6.70. The molecule has 1 saturated carbocycles. The molecule has 0 saturated heterocycles. The van der Waals surface area contributed by atoms with Crippen molar-refractivity contribution in [3.8, 4) is 5.75 Å². The molecule has 1 fully saturated rings. The molecule has 1 aliphatic rings. The van der Waals surface area contributed by atoms with Crippen molar-refractivity contribution in [2.24, 2.45) is 0 Å². The molecule has 2 atom stereocenters. The molecule has 0 aliphatic heterocycles. The predicted molar refractivity (Wildman–Crippen MR) is 146 cm³/mol. The molecule has 0 N–H and O–H groups in total. The van der Waals surface area contributed by atoms with E-state index in [-0.39, 0.29) is 5.41 Å². The maximum Gasteiger partial charge on any atom is 0.242 e. The minimum Gasteiger partial charge on any atom is -0.544 e. The summed E-state index contributed by atoms with van der Waals surface area (Å²) in [6, 6.07) is 7.22. The van der Waals surface area contributed by atoms with Crippen molar-refractivity contribution >= 4 is 16.6 Å². The van der Waals surface area contributed by atoms with Crippen LogP contribution in [0.1, 0.15) is 102 Å². The highest BCUT2D eigenvalue weighted by atomic mass is 28.4. The summed E-state index contributed by atoms with van der Waals surface area (Å²) in [7, 11) is -3.20. The third-order valence-electron chi connectivity index (χ3n) is 6.70. The quantitative estimate of drug-likeness (QED) is 0.221. The largest absolute Gasteiger partial charge is 0.544 e. The second-order valence-corrected chi connectivity index (χ2v) is 21.6. The molecule has 32 heavy (non-hydrogen) atoms. The topological polar surface area (TPSA) is 18.5 Å². The van der Waals surface area contributed by atoms with E-state index in [1.807, 2.05) is 0 Å². The Morgan fingerprint density at radius 3 is 2.22 bits per heavy atom. The molecule has 0 amide bonds. The van der Waals surface area contributed by atoms with Crippen LogP contribution in [0.5, 0.6) is 5.75 Å². The Kier molecular flexibility index (Phi) is 10.1. The van der Waals surface area contributed by atoms with Crippen molar-refractivity contribution in [1.29, 1.82) is 0 Å². The van der Waals surface area contributed by atoms with Gasteiger partial charge in [0, 0.05) is 6.10 Å². The third-order valence-corrected chi connectivity index (χ3v) is 8.58. The van der Waals surface area contributed by atoms with Gasteiger partial charge in [0.05, 0.1) is 0 Å². The Labute approximate surface area is 202 Å².